The van der Waals surface area contributed by atoms with Crippen molar-refractivity contribution in [2.24, 2.45) is 11.8 Å². The average Bonchev–Trinajstić information content (AvgIpc) is 2.92. The van der Waals surface area contributed by atoms with Crippen LogP contribution in [0.2, 0.25) is 5.15 Å². The number of nitrogens with zero attached hydrogens (tertiary/aromatic N) is 3. The van der Waals surface area contributed by atoms with Crippen LogP contribution < -0.4 is 4.90 Å². The van der Waals surface area contributed by atoms with Crippen LogP contribution >= 0.6 is 11.6 Å². The standard InChI is InChI=1S/C13H18ClN3O/c1-2-9-12(14)15-7-16-13(9)17-5-8-3-4-11(18)10(8)6-17/h7-8,10-11,18H,2-6H2,1H3. The van der Waals surface area contributed by atoms with Gasteiger partial charge in [0.2, 0.25) is 0 Å². The van der Waals surface area contributed by atoms with Gasteiger partial charge in [-0.1, -0.05) is 18.5 Å². The van der Waals surface area contributed by atoms with Gasteiger partial charge in [0, 0.05) is 24.6 Å². The van der Waals surface area contributed by atoms with Gasteiger partial charge < -0.3 is 10.0 Å². The Kier molecular flexibility index (Phi) is 3.16. The molecule has 4 nitrogen and oxygen atoms in total. The molecule has 1 N–H and O–H groups in total. The lowest BCUT2D eigenvalue weighted by molar-refractivity contribution is 0.133. The molecule has 1 aliphatic carbocycles. The largest absolute Gasteiger partial charge is 0.393 e. The van der Waals surface area contributed by atoms with Crippen molar-refractivity contribution in [1.82, 2.24) is 9.97 Å². The summed E-state index contributed by atoms with van der Waals surface area (Å²) in [5.74, 6) is 1.97. The molecular weight excluding hydrogens is 250 g/mol. The van der Waals surface area contributed by atoms with Crippen molar-refractivity contribution in [3.63, 3.8) is 0 Å². The predicted molar refractivity (Wildman–Crippen MR) is 70.9 cm³/mol. The van der Waals surface area contributed by atoms with Crippen LogP contribution in [0.15, 0.2) is 6.33 Å². The smallest absolute Gasteiger partial charge is 0.137 e. The number of aliphatic hydroxyl groups is 1. The highest BCUT2D eigenvalue weighted by molar-refractivity contribution is 6.30. The second kappa shape index (κ2) is 4.67. The molecule has 3 atom stereocenters. The Morgan fingerprint density at radius 3 is 2.94 bits per heavy atom. The van der Waals surface area contributed by atoms with Gasteiger partial charge in [0.05, 0.1) is 6.10 Å². The summed E-state index contributed by atoms with van der Waals surface area (Å²) in [6, 6.07) is 0. The van der Waals surface area contributed by atoms with Crippen molar-refractivity contribution >= 4 is 17.4 Å². The van der Waals surface area contributed by atoms with E-state index in [-0.39, 0.29) is 6.10 Å². The normalized spacial score (nSPS) is 30.8. The number of fused-ring (bicyclic) bond motifs is 1. The van der Waals surface area contributed by atoms with Crippen molar-refractivity contribution in [2.45, 2.75) is 32.3 Å². The number of halogens is 1. The fourth-order valence-electron chi connectivity index (χ4n) is 3.37. The highest BCUT2D eigenvalue weighted by Crippen LogP contribution is 2.40. The summed E-state index contributed by atoms with van der Waals surface area (Å²) in [5.41, 5.74) is 1.02. The zero-order valence-corrected chi connectivity index (χ0v) is 11.3. The molecule has 2 heterocycles. The second-order valence-electron chi connectivity index (χ2n) is 5.29. The number of hydrogen-bond donors (Lipinski definition) is 1. The first kappa shape index (κ1) is 12.2. The lowest BCUT2D eigenvalue weighted by Crippen LogP contribution is -2.26. The summed E-state index contributed by atoms with van der Waals surface area (Å²) >= 11 is 6.13. The van der Waals surface area contributed by atoms with Crippen molar-refractivity contribution in [3.05, 3.63) is 17.0 Å². The summed E-state index contributed by atoms with van der Waals surface area (Å²) in [7, 11) is 0. The molecule has 1 aromatic heterocycles. The van der Waals surface area contributed by atoms with Crippen LogP contribution in [0, 0.1) is 11.8 Å². The maximum atomic E-state index is 9.96. The second-order valence-corrected chi connectivity index (χ2v) is 5.65. The zero-order valence-electron chi connectivity index (χ0n) is 10.5. The first-order valence-electron chi connectivity index (χ1n) is 6.63. The maximum absolute atomic E-state index is 9.96. The van der Waals surface area contributed by atoms with Crippen molar-refractivity contribution in [2.75, 3.05) is 18.0 Å². The minimum Gasteiger partial charge on any atom is -0.393 e. The van der Waals surface area contributed by atoms with Gasteiger partial charge in [0.25, 0.3) is 0 Å². The van der Waals surface area contributed by atoms with Crippen molar-refractivity contribution in [3.8, 4) is 0 Å². The van der Waals surface area contributed by atoms with E-state index in [0.29, 0.717) is 17.0 Å². The summed E-state index contributed by atoms with van der Waals surface area (Å²) in [5, 5.41) is 10.5. The third-order valence-electron chi connectivity index (χ3n) is 4.34. The molecule has 0 bridgehead atoms. The van der Waals surface area contributed by atoms with Gasteiger partial charge in [-0.2, -0.15) is 0 Å². The molecule has 1 saturated carbocycles. The predicted octanol–water partition coefficient (Wildman–Crippen LogP) is 1.90. The van der Waals surface area contributed by atoms with Crippen LogP contribution in [0.1, 0.15) is 25.3 Å². The topological polar surface area (TPSA) is 49.2 Å². The highest BCUT2D eigenvalue weighted by Gasteiger charge is 2.42. The third-order valence-corrected chi connectivity index (χ3v) is 4.67. The van der Waals surface area contributed by atoms with Gasteiger partial charge in [-0.3, -0.25) is 0 Å². The van der Waals surface area contributed by atoms with E-state index in [4.69, 9.17) is 11.6 Å². The van der Waals surface area contributed by atoms with Gasteiger partial charge in [0.1, 0.15) is 17.3 Å². The molecule has 2 fully saturated rings. The molecule has 3 unspecified atom stereocenters. The van der Waals surface area contributed by atoms with E-state index in [1.54, 1.807) is 0 Å². The van der Waals surface area contributed by atoms with Crippen LogP contribution in [0.4, 0.5) is 5.82 Å². The van der Waals surface area contributed by atoms with Gasteiger partial charge in [-0.15, -0.1) is 0 Å². The Morgan fingerprint density at radius 2 is 2.22 bits per heavy atom. The number of aromatic nitrogens is 2. The van der Waals surface area contributed by atoms with Crippen LogP contribution in [-0.4, -0.2) is 34.3 Å². The SMILES string of the molecule is CCc1c(Cl)ncnc1N1CC2CCC(O)C2C1. The summed E-state index contributed by atoms with van der Waals surface area (Å²) in [6.45, 7) is 3.95. The van der Waals surface area contributed by atoms with Gasteiger partial charge >= 0.3 is 0 Å². The zero-order chi connectivity index (χ0) is 12.7. The Morgan fingerprint density at radius 1 is 1.39 bits per heavy atom. The van der Waals surface area contributed by atoms with E-state index in [2.05, 4.69) is 21.8 Å². The first-order valence-corrected chi connectivity index (χ1v) is 7.01. The third kappa shape index (κ3) is 1.88. The molecule has 0 aromatic carbocycles. The van der Waals surface area contributed by atoms with Crippen molar-refractivity contribution < 1.29 is 5.11 Å². The van der Waals surface area contributed by atoms with Gasteiger partial charge in [0.15, 0.2) is 0 Å². The van der Waals surface area contributed by atoms with E-state index < -0.39 is 0 Å². The molecule has 2 aliphatic rings. The Labute approximate surface area is 112 Å². The number of rotatable bonds is 2. The summed E-state index contributed by atoms with van der Waals surface area (Å²) in [6.07, 6.45) is 4.31. The molecular formula is C13H18ClN3O. The molecule has 1 aliphatic heterocycles. The Bertz CT molecular complexity index is 454. The minimum atomic E-state index is -0.137. The van der Waals surface area contributed by atoms with E-state index in [1.807, 2.05) is 0 Å². The summed E-state index contributed by atoms with van der Waals surface area (Å²) in [4.78, 5) is 10.7. The quantitative estimate of drug-likeness (QED) is 0.832. The lowest BCUT2D eigenvalue weighted by atomic mass is 10.00. The van der Waals surface area contributed by atoms with Crippen LogP contribution in [0.25, 0.3) is 0 Å². The monoisotopic (exact) mass is 267 g/mol. The van der Waals surface area contributed by atoms with E-state index in [0.717, 1.165) is 43.7 Å². The van der Waals surface area contributed by atoms with E-state index in [1.165, 1.54) is 6.33 Å². The molecule has 5 heteroatoms. The number of anilines is 1. The summed E-state index contributed by atoms with van der Waals surface area (Å²) < 4.78 is 0. The van der Waals surface area contributed by atoms with E-state index >= 15 is 0 Å². The molecule has 1 aromatic rings. The van der Waals surface area contributed by atoms with Gasteiger partial charge in [-0.05, 0) is 25.2 Å². The maximum Gasteiger partial charge on any atom is 0.137 e. The van der Waals surface area contributed by atoms with E-state index in [9.17, 15) is 5.11 Å². The fraction of sp³-hybridized carbons (Fsp3) is 0.692. The first-order chi connectivity index (χ1) is 8.70. The van der Waals surface area contributed by atoms with Crippen molar-refractivity contribution in [1.29, 1.82) is 0 Å². The number of hydrogen-bond acceptors (Lipinski definition) is 4. The molecule has 0 spiro atoms. The molecule has 18 heavy (non-hydrogen) atoms. The lowest BCUT2D eigenvalue weighted by Gasteiger charge is -2.22. The molecule has 0 amide bonds. The fourth-order valence-corrected chi connectivity index (χ4v) is 3.63. The molecule has 1 saturated heterocycles. The Hall–Kier alpha value is -0.870. The minimum absolute atomic E-state index is 0.137. The van der Waals surface area contributed by atoms with Crippen LogP contribution in [-0.2, 0) is 6.42 Å². The molecule has 98 valence electrons. The number of aliphatic hydroxyl groups excluding tert-OH is 1. The Balaban J connectivity index is 1.87. The van der Waals surface area contributed by atoms with Gasteiger partial charge in [-0.25, -0.2) is 9.97 Å². The van der Waals surface area contributed by atoms with Crippen LogP contribution in [0.3, 0.4) is 0 Å². The highest BCUT2D eigenvalue weighted by atomic mass is 35.5. The van der Waals surface area contributed by atoms with Crippen LogP contribution in [0.5, 0.6) is 0 Å². The molecule has 3 rings (SSSR count). The molecule has 0 radical (unpaired) electrons. The average molecular weight is 268 g/mol.